The van der Waals surface area contributed by atoms with Gasteiger partial charge in [0.2, 0.25) is 0 Å². The number of rotatable bonds is 8. The van der Waals surface area contributed by atoms with Gasteiger partial charge < -0.3 is 25.2 Å². The van der Waals surface area contributed by atoms with E-state index >= 15 is 0 Å². The van der Waals surface area contributed by atoms with Gasteiger partial charge in [-0.05, 0) is 85.4 Å². The fourth-order valence-electron chi connectivity index (χ4n) is 5.32. The molecule has 2 aliphatic heterocycles. The summed E-state index contributed by atoms with van der Waals surface area (Å²) >= 11 is 8.01. The van der Waals surface area contributed by atoms with Crippen LogP contribution in [0.1, 0.15) is 46.7 Å². The monoisotopic (exact) mass is 628 g/mol. The summed E-state index contributed by atoms with van der Waals surface area (Å²) in [5.74, 6) is -3.15. The Morgan fingerprint density at radius 2 is 1.72 bits per heavy atom. The maximum atomic E-state index is 14.7. The van der Waals surface area contributed by atoms with Crippen LogP contribution in [-0.4, -0.2) is 49.0 Å². The minimum absolute atomic E-state index is 0.0211. The Morgan fingerprint density at radius 3 is 2.37 bits per heavy atom. The average Bonchev–Trinajstić information content (AvgIpc) is 3.13. The van der Waals surface area contributed by atoms with Gasteiger partial charge in [0.15, 0.2) is 5.78 Å². The van der Waals surface area contributed by atoms with Crippen LogP contribution in [0.15, 0.2) is 76.5 Å². The lowest BCUT2D eigenvalue weighted by Crippen LogP contribution is -3.10. The van der Waals surface area contributed by atoms with Crippen molar-refractivity contribution < 1.29 is 38.3 Å². The van der Waals surface area contributed by atoms with Crippen LogP contribution in [0.5, 0.6) is 0 Å². The molecule has 0 radical (unpaired) electrons. The van der Waals surface area contributed by atoms with Gasteiger partial charge in [-0.1, -0.05) is 23.4 Å². The van der Waals surface area contributed by atoms with E-state index in [1.54, 1.807) is 36.0 Å². The standard InChI is InChI=1S/C28H27ClF2N2OS.C4H4O4/c29-20-6-9-27-23(15-20)19(2-1-3-26(34)18-4-7-21(30)8-5-18)14-24-25(33-12-10-32-11-13-33)16-22(31)17-28(24)35-27;5-3(6)1-2-4(7)8/h4-9,15-17,19,32H,1-3,10-14H2;1-2H,(H,5,6)(H,7,8)/b;2-1-. The summed E-state index contributed by atoms with van der Waals surface area (Å²) in [5, 5.41) is 21.3. The molecule has 7 nitrogen and oxygen atoms in total. The molecular weight excluding hydrogens is 598 g/mol. The molecule has 11 heteroatoms. The first-order chi connectivity index (χ1) is 20.6. The zero-order chi connectivity index (χ0) is 30.9. The Morgan fingerprint density at radius 1 is 1.00 bits per heavy atom. The summed E-state index contributed by atoms with van der Waals surface area (Å²) in [4.78, 5) is 35.0. The molecule has 2 aliphatic rings. The van der Waals surface area contributed by atoms with Crippen molar-refractivity contribution in [3.63, 3.8) is 0 Å². The number of hydrogen-bond donors (Lipinski definition) is 3. The van der Waals surface area contributed by atoms with Crippen molar-refractivity contribution in [2.75, 3.05) is 26.2 Å². The van der Waals surface area contributed by atoms with Gasteiger partial charge in [-0.2, -0.15) is 0 Å². The Hall–Kier alpha value is -3.57. The SMILES string of the molecule is O=C(CCCC1Cc2c(cc(F)cc2[NH+]2CCNCC2)Sc2ccc(Cl)cc21)c1ccc(F)cc1.O=C([O-])/C=C\C(=O)O. The molecule has 1 atom stereocenters. The van der Waals surface area contributed by atoms with Crippen molar-refractivity contribution in [1.29, 1.82) is 0 Å². The van der Waals surface area contributed by atoms with Gasteiger partial charge in [-0.15, -0.1) is 0 Å². The van der Waals surface area contributed by atoms with Crippen LogP contribution in [0.4, 0.5) is 14.5 Å². The molecule has 43 heavy (non-hydrogen) atoms. The molecule has 226 valence electrons. The highest BCUT2D eigenvalue weighted by Crippen LogP contribution is 2.46. The molecule has 1 fully saturated rings. The van der Waals surface area contributed by atoms with Gasteiger partial charge in [-0.25, -0.2) is 13.6 Å². The van der Waals surface area contributed by atoms with Crippen LogP contribution >= 0.6 is 23.4 Å². The normalized spacial score (nSPS) is 16.4. The number of carboxylic acids is 2. The number of carbonyl (C=O) groups excluding carboxylic acids is 2. The van der Waals surface area contributed by atoms with Crippen LogP contribution in [-0.2, 0) is 16.0 Å². The molecule has 2 heterocycles. The Balaban J connectivity index is 0.000000467. The van der Waals surface area contributed by atoms with E-state index in [1.165, 1.54) is 22.6 Å². The number of halogens is 3. The predicted octanol–water partition coefficient (Wildman–Crippen LogP) is 3.96. The second-order valence-electron chi connectivity index (χ2n) is 10.3. The zero-order valence-corrected chi connectivity index (χ0v) is 24.8. The highest BCUT2D eigenvalue weighted by atomic mass is 35.5. The van der Waals surface area contributed by atoms with Crippen molar-refractivity contribution in [3.05, 3.63) is 100 Å². The van der Waals surface area contributed by atoms with Crippen LogP contribution in [0.25, 0.3) is 0 Å². The summed E-state index contributed by atoms with van der Waals surface area (Å²) in [6.45, 7) is 3.68. The molecule has 0 spiro atoms. The number of nitrogens with one attached hydrogen (secondary N) is 2. The number of benzene rings is 3. The molecule has 1 saturated heterocycles. The van der Waals surface area contributed by atoms with Crippen molar-refractivity contribution in [2.45, 2.75) is 41.4 Å². The average molecular weight is 629 g/mol. The Bertz CT molecular complexity index is 1490. The molecule has 0 saturated carbocycles. The van der Waals surface area contributed by atoms with E-state index in [0.717, 1.165) is 60.1 Å². The molecule has 0 aromatic heterocycles. The van der Waals surface area contributed by atoms with E-state index in [1.807, 2.05) is 18.2 Å². The molecule has 3 aromatic carbocycles. The first kappa shape index (κ1) is 32.3. The smallest absolute Gasteiger partial charge is 0.328 e. The maximum absolute atomic E-state index is 14.7. The van der Waals surface area contributed by atoms with E-state index in [9.17, 15) is 28.3 Å². The first-order valence-corrected chi connectivity index (χ1v) is 15.1. The summed E-state index contributed by atoms with van der Waals surface area (Å²) in [5.41, 5.74) is 3.96. The Kier molecular flexibility index (Phi) is 11.5. The lowest BCUT2D eigenvalue weighted by Gasteiger charge is -2.27. The molecular formula is C32H31ClF2N2O5S. The summed E-state index contributed by atoms with van der Waals surface area (Å²) in [6.07, 6.45) is 3.65. The quantitative estimate of drug-likeness (QED) is 0.256. The third kappa shape index (κ3) is 9.21. The zero-order valence-electron chi connectivity index (χ0n) is 23.2. The van der Waals surface area contributed by atoms with E-state index in [2.05, 4.69) is 5.32 Å². The van der Waals surface area contributed by atoms with Crippen LogP contribution in [0.3, 0.4) is 0 Å². The number of hydrogen-bond acceptors (Lipinski definition) is 6. The number of Topliss-reactive ketones (excluding diaryl/α,β-unsaturated/α-hetero) is 1. The minimum Gasteiger partial charge on any atom is -0.545 e. The van der Waals surface area contributed by atoms with Crippen molar-refractivity contribution in [2.24, 2.45) is 0 Å². The van der Waals surface area contributed by atoms with Crippen LogP contribution in [0, 0.1) is 11.6 Å². The number of aliphatic carboxylic acids is 2. The number of quaternary nitrogens is 1. The predicted molar refractivity (Wildman–Crippen MR) is 158 cm³/mol. The van der Waals surface area contributed by atoms with Crippen molar-refractivity contribution in [1.82, 2.24) is 5.32 Å². The van der Waals surface area contributed by atoms with Gasteiger partial charge in [0.1, 0.15) is 17.3 Å². The third-order valence-corrected chi connectivity index (χ3v) is 8.74. The number of carbonyl (C=O) groups is 3. The highest BCUT2D eigenvalue weighted by Gasteiger charge is 2.30. The second kappa shape index (κ2) is 15.2. The molecule has 0 amide bonds. The van der Waals surface area contributed by atoms with Gasteiger partial charge >= 0.3 is 5.97 Å². The Labute approximate surface area is 257 Å². The fraction of sp³-hybridized carbons (Fsp3) is 0.281. The fourth-order valence-corrected chi connectivity index (χ4v) is 6.70. The van der Waals surface area contributed by atoms with E-state index in [0.29, 0.717) is 35.6 Å². The number of ketones is 1. The topological polar surface area (TPSA) is 111 Å². The third-order valence-electron chi connectivity index (χ3n) is 7.33. The van der Waals surface area contributed by atoms with Gasteiger partial charge in [0.05, 0.1) is 19.1 Å². The van der Waals surface area contributed by atoms with E-state index in [-0.39, 0.29) is 23.3 Å². The first-order valence-electron chi connectivity index (χ1n) is 13.9. The number of carboxylic acid groups (broad SMARTS) is 2. The molecule has 5 rings (SSSR count). The molecule has 1 unspecified atom stereocenters. The van der Waals surface area contributed by atoms with E-state index in [4.69, 9.17) is 16.7 Å². The van der Waals surface area contributed by atoms with Crippen LogP contribution < -0.4 is 15.3 Å². The lowest BCUT2D eigenvalue weighted by atomic mass is 9.86. The maximum Gasteiger partial charge on any atom is 0.328 e. The van der Waals surface area contributed by atoms with Crippen molar-refractivity contribution in [3.8, 4) is 0 Å². The lowest BCUT2D eigenvalue weighted by molar-refractivity contribution is -0.835. The number of piperazine rings is 1. The largest absolute Gasteiger partial charge is 0.545 e. The van der Waals surface area contributed by atoms with Crippen LogP contribution in [0.2, 0.25) is 5.02 Å². The van der Waals surface area contributed by atoms with E-state index < -0.39 is 11.9 Å². The number of fused-ring (bicyclic) bond motifs is 2. The molecule has 0 bridgehead atoms. The van der Waals surface area contributed by atoms with Gasteiger partial charge in [0, 0.05) is 57.6 Å². The highest BCUT2D eigenvalue weighted by molar-refractivity contribution is 7.99. The summed E-state index contributed by atoms with van der Waals surface area (Å²) in [7, 11) is 0. The van der Waals surface area contributed by atoms with Gasteiger partial charge in [-0.3, -0.25) is 4.79 Å². The van der Waals surface area contributed by atoms with Gasteiger partial charge in [0.25, 0.3) is 0 Å². The molecule has 0 aliphatic carbocycles. The molecule has 3 aromatic rings. The second-order valence-corrected chi connectivity index (χ2v) is 11.8. The minimum atomic E-state index is -1.51. The van der Waals surface area contributed by atoms with Crippen molar-refractivity contribution >= 4 is 46.8 Å². The summed E-state index contributed by atoms with van der Waals surface area (Å²) in [6, 6.07) is 15.0. The summed E-state index contributed by atoms with van der Waals surface area (Å²) < 4.78 is 28.0. The molecule has 3 N–H and O–H groups in total.